The van der Waals surface area contributed by atoms with Crippen LogP contribution in [0.15, 0.2) is 0 Å². The first-order chi connectivity index (χ1) is 24.8. The van der Waals surface area contributed by atoms with Gasteiger partial charge in [-0.3, -0.25) is 14.5 Å². The van der Waals surface area contributed by atoms with Crippen LogP contribution in [0.3, 0.4) is 0 Å². The Labute approximate surface area is 314 Å². The predicted molar refractivity (Wildman–Crippen MR) is 211 cm³/mol. The standard InChI is InChI=1S/C43H82N2O6/c1-6-8-10-12-14-16-18-20-22-24-26-28-30-32-41(46)49-36-40(37-50-43(48)44(5)39-34-45(35-39)38(3)4)51-42(47)33-31-29-27-25-23-21-19-17-15-13-11-9-7-2/h38-40H,6-37H2,1-5H3. The van der Waals surface area contributed by atoms with Gasteiger partial charge in [-0.15, -0.1) is 0 Å². The zero-order valence-electron chi connectivity index (χ0n) is 34.2. The highest BCUT2D eigenvalue weighted by atomic mass is 16.6. The Morgan fingerprint density at radius 2 is 0.902 bits per heavy atom. The molecule has 1 fully saturated rings. The second-order valence-corrected chi connectivity index (χ2v) is 15.7. The molecule has 0 radical (unpaired) electrons. The molecule has 1 rings (SSSR count). The van der Waals surface area contributed by atoms with Crippen molar-refractivity contribution in [1.82, 2.24) is 9.80 Å². The average molecular weight is 723 g/mol. The molecule has 8 heteroatoms. The normalized spacial score (nSPS) is 14.0. The van der Waals surface area contributed by atoms with Gasteiger partial charge in [-0.05, 0) is 26.7 Å². The Morgan fingerprint density at radius 3 is 1.29 bits per heavy atom. The van der Waals surface area contributed by atoms with Gasteiger partial charge in [-0.2, -0.15) is 0 Å². The van der Waals surface area contributed by atoms with E-state index in [1.54, 1.807) is 11.9 Å². The highest BCUT2D eigenvalue weighted by molar-refractivity contribution is 5.70. The minimum absolute atomic E-state index is 0.0941. The number of nitrogens with zero attached hydrogens (tertiary/aromatic N) is 2. The number of unbranched alkanes of at least 4 members (excludes halogenated alkanes) is 24. The van der Waals surface area contributed by atoms with Gasteiger partial charge in [0.2, 0.25) is 0 Å². The van der Waals surface area contributed by atoms with E-state index in [4.69, 9.17) is 14.2 Å². The molecular formula is C43H82N2O6. The summed E-state index contributed by atoms with van der Waals surface area (Å²) in [4.78, 5) is 42.0. The number of likely N-dealkylation sites (tertiary alicyclic amines) is 1. The highest BCUT2D eigenvalue weighted by Crippen LogP contribution is 2.18. The van der Waals surface area contributed by atoms with Crippen molar-refractivity contribution in [3.05, 3.63) is 0 Å². The van der Waals surface area contributed by atoms with Crippen molar-refractivity contribution in [2.75, 3.05) is 33.4 Å². The third kappa shape index (κ3) is 26.6. The number of rotatable bonds is 35. The van der Waals surface area contributed by atoms with Crippen LogP contribution in [0, 0.1) is 0 Å². The Bertz CT molecular complexity index is 846. The van der Waals surface area contributed by atoms with Gasteiger partial charge in [0.25, 0.3) is 0 Å². The van der Waals surface area contributed by atoms with Gasteiger partial charge in [0.15, 0.2) is 6.10 Å². The van der Waals surface area contributed by atoms with E-state index in [2.05, 4.69) is 32.6 Å². The van der Waals surface area contributed by atoms with Crippen molar-refractivity contribution < 1.29 is 28.6 Å². The smallest absolute Gasteiger partial charge is 0.409 e. The molecule has 1 amide bonds. The van der Waals surface area contributed by atoms with E-state index in [-0.39, 0.29) is 31.2 Å². The first kappa shape index (κ1) is 47.2. The van der Waals surface area contributed by atoms with Gasteiger partial charge < -0.3 is 19.1 Å². The third-order valence-electron chi connectivity index (χ3n) is 10.5. The van der Waals surface area contributed by atoms with E-state index >= 15 is 0 Å². The fourth-order valence-corrected chi connectivity index (χ4v) is 6.76. The molecule has 51 heavy (non-hydrogen) atoms. The maximum absolute atomic E-state index is 12.8. The van der Waals surface area contributed by atoms with E-state index < -0.39 is 12.2 Å². The number of esters is 2. The molecular weight excluding hydrogens is 640 g/mol. The number of hydrogen-bond donors (Lipinski definition) is 0. The summed E-state index contributed by atoms with van der Waals surface area (Å²) in [6.07, 6.45) is 31.9. The average Bonchev–Trinajstić information content (AvgIpc) is 3.09. The molecule has 1 aliphatic rings. The van der Waals surface area contributed by atoms with Crippen LogP contribution in [0.4, 0.5) is 4.79 Å². The summed E-state index contributed by atoms with van der Waals surface area (Å²) in [5, 5.41) is 0. The minimum atomic E-state index is -0.805. The SMILES string of the molecule is CCCCCCCCCCCCCCCC(=O)OCC(COC(=O)N(C)C1CN(C(C)C)C1)OC(=O)CCCCCCCCCCCCCCC. The zero-order valence-corrected chi connectivity index (χ0v) is 34.2. The fraction of sp³-hybridized carbons (Fsp3) is 0.930. The van der Waals surface area contributed by atoms with Gasteiger partial charge in [-0.1, -0.05) is 168 Å². The molecule has 1 heterocycles. The Morgan fingerprint density at radius 1 is 0.549 bits per heavy atom. The van der Waals surface area contributed by atoms with Crippen LogP contribution in [0.2, 0.25) is 0 Å². The number of carbonyl (C=O) groups excluding carboxylic acids is 3. The van der Waals surface area contributed by atoms with Crippen molar-refractivity contribution in [3.8, 4) is 0 Å². The lowest BCUT2D eigenvalue weighted by Crippen LogP contribution is -2.61. The number of carbonyl (C=O) groups is 3. The fourth-order valence-electron chi connectivity index (χ4n) is 6.76. The van der Waals surface area contributed by atoms with E-state index in [9.17, 15) is 14.4 Å². The van der Waals surface area contributed by atoms with Crippen molar-refractivity contribution >= 4 is 18.0 Å². The lowest BCUT2D eigenvalue weighted by Gasteiger charge is -2.45. The van der Waals surface area contributed by atoms with Crippen LogP contribution < -0.4 is 0 Å². The molecule has 0 saturated carbocycles. The van der Waals surface area contributed by atoms with Crippen molar-refractivity contribution in [2.45, 2.75) is 226 Å². The second kappa shape index (κ2) is 32.8. The van der Waals surface area contributed by atoms with Gasteiger partial charge in [0.05, 0.1) is 6.04 Å². The monoisotopic (exact) mass is 723 g/mol. The van der Waals surface area contributed by atoms with Gasteiger partial charge in [0, 0.05) is 39.0 Å². The molecule has 1 atom stereocenters. The summed E-state index contributed by atoms with van der Waals surface area (Å²) in [6.45, 7) is 10.2. The molecule has 0 aliphatic carbocycles. The van der Waals surface area contributed by atoms with Gasteiger partial charge in [0.1, 0.15) is 13.2 Å². The van der Waals surface area contributed by atoms with Crippen LogP contribution in [0.5, 0.6) is 0 Å². The first-order valence-corrected chi connectivity index (χ1v) is 21.8. The van der Waals surface area contributed by atoms with Crippen LogP contribution in [0.1, 0.15) is 207 Å². The van der Waals surface area contributed by atoms with E-state index in [0.29, 0.717) is 18.9 Å². The lowest BCUT2D eigenvalue weighted by atomic mass is 10.0. The number of hydrogen-bond acceptors (Lipinski definition) is 7. The van der Waals surface area contributed by atoms with Gasteiger partial charge >= 0.3 is 18.0 Å². The zero-order chi connectivity index (χ0) is 37.4. The molecule has 0 N–H and O–H groups in total. The van der Waals surface area contributed by atoms with Gasteiger partial charge in [-0.25, -0.2) is 4.79 Å². The highest BCUT2D eigenvalue weighted by Gasteiger charge is 2.34. The Hall–Kier alpha value is -1.83. The van der Waals surface area contributed by atoms with Crippen LogP contribution >= 0.6 is 0 Å². The summed E-state index contributed by atoms with van der Waals surface area (Å²) in [5.74, 6) is -0.617. The summed E-state index contributed by atoms with van der Waals surface area (Å²) in [7, 11) is 1.75. The van der Waals surface area contributed by atoms with Crippen molar-refractivity contribution in [3.63, 3.8) is 0 Å². The van der Waals surface area contributed by atoms with E-state index in [1.807, 2.05) is 0 Å². The number of likely N-dealkylation sites (N-methyl/N-ethyl adjacent to an activating group) is 1. The third-order valence-corrected chi connectivity index (χ3v) is 10.5. The summed E-state index contributed by atoms with van der Waals surface area (Å²) < 4.78 is 16.8. The molecule has 300 valence electrons. The van der Waals surface area contributed by atoms with E-state index in [0.717, 1.165) is 51.6 Å². The number of amides is 1. The van der Waals surface area contributed by atoms with E-state index in [1.165, 1.54) is 128 Å². The summed E-state index contributed by atoms with van der Waals surface area (Å²) in [6, 6.07) is 0.549. The molecule has 1 unspecified atom stereocenters. The summed E-state index contributed by atoms with van der Waals surface area (Å²) in [5.41, 5.74) is 0. The molecule has 1 aliphatic heterocycles. The maximum atomic E-state index is 12.8. The molecule has 0 aromatic carbocycles. The lowest BCUT2D eigenvalue weighted by molar-refractivity contribution is -0.161. The molecule has 0 spiro atoms. The topological polar surface area (TPSA) is 85.4 Å². The predicted octanol–water partition coefficient (Wildman–Crippen LogP) is 11.6. The maximum Gasteiger partial charge on any atom is 0.409 e. The summed E-state index contributed by atoms with van der Waals surface area (Å²) >= 11 is 0. The Balaban J connectivity index is 2.30. The minimum Gasteiger partial charge on any atom is -0.462 e. The van der Waals surface area contributed by atoms with Crippen LogP contribution in [-0.4, -0.2) is 79.4 Å². The quantitative estimate of drug-likeness (QED) is 0.0366. The molecule has 0 bridgehead atoms. The van der Waals surface area contributed by atoms with Crippen LogP contribution in [0.25, 0.3) is 0 Å². The van der Waals surface area contributed by atoms with Crippen LogP contribution in [-0.2, 0) is 23.8 Å². The molecule has 0 aromatic heterocycles. The first-order valence-electron chi connectivity index (χ1n) is 21.8. The second-order valence-electron chi connectivity index (χ2n) is 15.7. The molecule has 0 aromatic rings. The number of ether oxygens (including phenoxy) is 3. The molecule has 8 nitrogen and oxygen atoms in total. The molecule has 1 saturated heterocycles. The Kier molecular flexibility index (Phi) is 30.3. The largest absolute Gasteiger partial charge is 0.462 e. The van der Waals surface area contributed by atoms with Crippen molar-refractivity contribution in [1.29, 1.82) is 0 Å². The van der Waals surface area contributed by atoms with Crippen molar-refractivity contribution in [2.24, 2.45) is 0 Å².